The number of amides is 1. The number of rotatable bonds is 52. The van der Waals surface area contributed by atoms with Crippen molar-refractivity contribution in [2.75, 3.05) is 13.2 Å². The van der Waals surface area contributed by atoms with Crippen LogP contribution in [0.2, 0.25) is 0 Å². The first kappa shape index (κ1) is 59.9. The van der Waals surface area contributed by atoms with E-state index in [1.165, 1.54) is 231 Å². The quantitative estimate of drug-likeness (QED) is 0.0418. The summed E-state index contributed by atoms with van der Waals surface area (Å²) >= 11 is 0. The lowest BCUT2D eigenvalue weighted by atomic mass is 10.0. The molecule has 0 aromatic heterocycles. The lowest BCUT2D eigenvalue weighted by Crippen LogP contribution is -2.45. The van der Waals surface area contributed by atoms with Gasteiger partial charge < -0.3 is 20.3 Å². The number of carbonyl (C=O) groups excluding carboxylic acids is 2. The standard InChI is InChI=1S/C55H109NO5/c1-3-5-7-9-11-13-15-17-19-20-21-23-27-31-35-39-43-47-53(58)52(51-57)56-54(59)48-44-40-36-32-28-24-22-26-30-34-38-42-46-50-61-55(60)49-45-41-37-33-29-25-18-16-14-12-10-8-6-4-2/h52-53,57-58H,3-51H2,1-2H3,(H,56,59). The van der Waals surface area contributed by atoms with Gasteiger partial charge in [0.2, 0.25) is 5.91 Å². The molecule has 0 bridgehead atoms. The molecular weight excluding hydrogens is 755 g/mol. The number of esters is 1. The minimum atomic E-state index is -0.671. The van der Waals surface area contributed by atoms with Gasteiger partial charge in [-0.05, 0) is 25.7 Å². The zero-order valence-electron chi connectivity index (χ0n) is 41.4. The van der Waals surface area contributed by atoms with E-state index in [0.29, 0.717) is 25.9 Å². The molecule has 0 radical (unpaired) electrons. The van der Waals surface area contributed by atoms with Crippen molar-refractivity contribution in [1.82, 2.24) is 5.32 Å². The van der Waals surface area contributed by atoms with E-state index < -0.39 is 12.1 Å². The van der Waals surface area contributed by atoms with Gasteiger partial charge in [0, 0.05) is 12.8 Å². The first-order valence-corrected chi connectivity index (χ1v) is 27.8. The Labute approximate surface area is 381 Å². The highest BCUT2D eigenvalue weighted by Gasteiger charge is 2.20. The molecule has 0 aromatic carbocycles. The maximum atomic E-state index is 12.5. The molecule has 6 nitrogen and oxygen atoms in total. The summed E-state index contributed by atoms with van der Waals surface area (Å²) in [6.07, 6.45) is 57.9. The van der Waals surface area contributed by atoms with E-state index in [1.807, 2.05) is 0 Å². The maximum absolute atomic E-state index is 12.5. The first-order valence-electron chi connectivity index (χ1n) is 27.8. The van der Waals surface area contributed by atoms with Crippen LogP contribution in [0.3, 0.4) is 0 Å². The fourth-order valence-corrected chi connectivity index (χ4v) is 8.88. The zero-order valence-corrected chi connectivity index (χ0v) is 41.4. The van der Waals surface area contributed by atoms with Crippen molar-refractivity contribution < 1.29 is 24.5 Å². The molecule has 0 rings (SSSR count). The summed E-state index contributed by atoms with van der Waals surface area (Å²) in [5, 5.41) is 23.3. The predicted octanol–water partition coefficient (Wildman–Crippen LogP) is 16.7. The molecule has 0 saturated carbocycles. The molecule has 61 heavy (non-hydrogen) atoms. The SMILES string of the molecule is CCCCCCCCCCCCCCCCCCCC(O)C(CO)NC(=O)CCCCCCCCCCCCCCCOC(=O)CCCCCCCCCCCCCCCC. The van der Waals surface area contributed by atoms with E-state index in [1.54, 1.807) is 0 Å². The third-order valence-electron chi connectivity index (χ3n) is 13.2. The lowest BCUT2D eigenvalue weighted by Gasteiger charge is -2.22. The van der Waals surface area contributed by atoms with Gasteiger partial charge in [-0.2, -0.15) is 0 Å². The van der Waals surface area contributed by atoms with Crippen LogP contribution in [-0.4, -0.2) is 47.4 Å². The Kier molecular flexibility index (Phi) is 50.5. The van der Waals surface area contributed by atoms with Crippen LogP contribution >= 0.6 is 0 Å². The van der Waals surface area contributed by atoms with Gasteiger partial charge in [-0.3, -0.25) is 9.59 Å². The summed E-state index contributed by atoms with van der Waals surface area (Å²) in [7, 11) is 0. The van der Waals surface area contributed by atoms with Crippen LogP contribution in [0.25, 0.3) is 0 Å². The van der Waals surface area contributed by atoms with Gasteiger partial charge in [-0.15, -0.1) is 0 Å². The van der Waals surface area contributed by atoms with Gasteiger partial charge in [-0.25, -0.2) is 0 Å². The number of aliphatic hydroxyl groups excluding tert-OH is 2. The lowest BCUT2D eigenvalue weighted by molar-refractivity contribution is -0.143. The van der Waals surface area contributed by atoms with Crippen molar-refractivity contribution >= 4 is 11.9 Å². The van der Waals surface area contributed by atoms with E-state index in [9.17, 15) is 19.8 Å². The Hall–Kier alpha value is -1.14. The van der Waals surface area contributed by atoms with Gasteiger partial charge in [0.25, 0.3) is 0 Å². The molecule has 0 aliphatic rings. The third kappa shape index (κ3) is 48.2. The van der Waals surface area contributed by atoms with Crippen LogP contribution in [0.1, 0.15) is 316 Å². The Morgan fingerprint density at radius 1 is 0.393 bits per heavy atom. The highest BCUT2D eigenvalue weighted by molar-refractivity contribution is 5.76. The normalized spacial score (nSPS) is 12.5. The molecule has 2 atom stereocenters. The van der Waals surface area contributed by atoms with E-state index in [4.69, 9.17) is 4.74 Å². The molecule has 0 spiro atoms. The van der Waals surface area contributed by atoms with Crippen molar-refractivity contribution in [1.29, 1.82) is 0 Å². The molecule has 0 aliphatic carbocycles. The van der Waals surface area contributed by atoms with Gasteiger partial charge >= 0.3 is 5.97 Å². The van der Waals surface area contributed by atoms with Crippen LogP contribution in [0.15, 0.2) is 0 Å². The molecule has 0 aliphatic heterocycles. The number of nitrogens with one attached hydrogen (secondary N) is 1. The molecule has 2 unspecified atom stereocenters. The molecule has 3 N–H and O–H groups in total. The fraction of sp³-hybridized carbons (Fsp3) is 0.964. The van der Waals surface area contributed by atoms with E-state index in [-0.39, 0.29) is 18.5 Å². The molecule has 364 valence electrons. The summed E-state index contributed by atoms with van der Waals surface area (Å²) in [4.78, 5) is 24.5. The van der Waals surface area contributed by atoms with Crippen molar-refractivity contribution in [2.24, 2.45) is 0 Å². The Balaban J connectivity index is 3.43. The van der Waals surface area contributed by atoms with Crippen LogP contribution in [0.5, 0.6) is 0 Å². The second-order valence-corrected chi connectivity index (χ2v) is 19.3. The smallest absolute Gasteiger partial charge is 0.305 e. The van der Waals surface area contributed by atoms with Gasteiger partial charge in [0.05, 0.1) is 25.4 Å². The zero-order chi connectivity index (χ0) is 44.4. The highest BCUT2D eigenvalue weighted by Crippen LogP contribution is 2.18. The monoisotopic (exact) mass is 864 g/mol. The van der Waals surface area contributed by atoms with Crippen LogP contribution in [0.4, 0.5) is 0 Å². The Morgan fingerprint density at radius 3 is 1.00 bits per heavy atom. The fourth-order valence-electron chi connectivity index (χ4n) is 8.88. The van der Waals surface area contributed by atoms with E-state index in [0.717, 1.165) is 51.4 Å². The van der Waals surface area contributed by atoms with Crippen molar-refractivity contribution in [3.63, 3.8) is 0 Å². The minimum absolute atomic E-state index is 0.00216. The molecular formula is C55H109NO5. The highest BCUT2D eigenvalue weighted by atomic mass is 16.5. The number of unbranched alkanes of at least 4 members (excludes halogenated alkanes) is 41. The largest absolute Gasteiger partial charge is 0.466 e. The maximum Gasteiger partial charge on any atom is 0.305 e. The second kappa shape index (κ2) is 51.5. The average molecular weight is 864 g/mol. The predicted molar refractivity (Wildman–Crippen MR) is 264 cm³/mol. The summed E-state index contributed by atoms with van der Waals surface area (Å²) in [5.74, 6) is -0.0467. The summed E-state index contributed by atoms with van der Waals surface area (Å²) in [6.45, 7) is 4.95. The van der Waals surface area contributed by atoms with E-state index >= 15 is 0 Å². The summed E-state index contributed by atoms with van der Waals surface area (Å²) in [5.41, 5.74) is 0. The average Bonchev–Trinajstić information content (AvgIpc) is 3.26. The number of aliphatic hydroxyl groups is 2. The first-order chi connectivity index (χ1) is 30.0. The molecule has 1 amide bonds. The molecule has 0 aromatic rings. The second-order valence-electron chi connectivity index (χ2n) is 19.3. The van der Waals surface area contributed by atoms with Gasteiger partial charge in [0.15, 0.2) is 0 Å². The number of ether oxygens (including phenoxy) is 1. The molecule has 0 fully saturated rings. The Bertz CT molecular complexity index is 867. The summed E-state index contributed by atoms with van der Waals surface area (Å²) in [6, 6.07) is -0.549. The van der Waals surface area contributed by atoms with Crippen LogP contribution in [-0.2, 0) is 14.3 Å². The van der Waals surface area contributed by atoms with Crippen LogP contribution < -0.4 is 5.32 Å². The third-order valence-corrected chi connectivity index (χ3v) is 13.2. The van der Waals surface area contributed by atoms with Crippen molar-refractivity contribution in [3.05, 3.63) is 0 Å². The van der Waals surface area contributed by atoms with Gasteiger partial charge in [0.1, 0.15) is 0 Å². The van der Waals surface area contributed by atoms with Crippen molar-refractivity contribution in [3.8, 4) is 0 Å². The molecule has 6 heteroatoms. The number of carbonyl (C=O) groups is 2. The number of hydrogen-bond acceptors (Lipinski definition) is 5. The van der Waals surface area contributed by atoms with Crippen molar-refractivity contribution in [2.45, 2.75) is 328 Å². The number of hydrogen-bond donors (Lipinski definition) is 3. The van der Waals surface area contributed by atoms with Gasteiger partial charge in [-0.1, -0.05) is 277 Å². The molecule has 0 heterocycles. The van der Waals surface area contributed by atoms with E-state index in [2.05, 4.69) is 19.2 Å². The Morgan fingerprint density at radius 2 is 0.672 bits per heavy atom. The molecule has 0 saturated heterocycles. The topological polar surface area (TPSA) is 95.9 Å². The minimum Gasteiger partial charge on any atom is -0.466 e. The summed E-state index contributed by atoms with van der Waals surface area (Å²) < 4.78 is 5.47. The van der Waals surface area contributed by atoms with Crippen LogP contribution in [0, 0.1) is 0 Å².